The van der Waals surface area contributed by atoms with Crippen molar-refractivity contribution in [3.63, 3.8) is 0 Å². The fourth-order valence-electron chi connectivity index (χ4n) is 3.41. The summed E-state index contributed by atoms with van der Waals surface area (Å²) in [4.78, 5) is 40.7. The molecule has 11 heteroatoms. The minimum Gasteiger partial charge on any atom is -0.325 e. The molecule has 0 spiro atoms. The van der Waals surface area contributed by atoms with Gasteiger partial charge < -0.3 is 10.3 Å². The summed E-state index contributed by atoms with van der Waals surface area (Å²) in [5, 5.41) is 12.5. The number of aryl methyl sites for hydroxylation is 2. The highest BCUT2D eigenvalue weighted by molar-refractivity contribution is 7.99. The molecule has 3 N–H and O–H groups in total. The minimum absolute atomic E-state index is 0.112. The molecule has 0 saturated heterocycles. The molecule has 0 unspecified atom stereocenters. The second-order valence-corrected chi connectivity index (χ2v) is 9.03. The maximum absolute atomic E-state index is 12.6. The van der Waals surface area contributed by atoms with Gasteiger partial charge in [0.25, 0.3) is 5.56 Å². The molecular formula is C23H21ClN6O3S. The summed E-state index contributed by atoms with van der Waals surface area (Å²) in [7, 11) is 0. The average Bonchev–Trinajstić information content (AvgIpc) is 3.16. The second-order valence-electron chi connectivity index (χ2n) is 7.66. The monoisotopic (exact) mass is 496 g/mol. The topological polar surface area (TPSA) is 126 Å². The lowest BCUT2D eigenvalue weighted by atomic mass is 10.1. The number of aromatic nitrogens is 5. The lowest BCUT2D eigenvalue weighted by Gasteiger charge is -2.11. The third-order valence-corrected chi connectivity index (χ3v) is 6.12. The number of benzene rings is 2. The molecule has 0 atom stereocenters. The van der Waals surface area contributed by atoms with Gasteiger partial charge in [0.15, 0.2) is 5.16 Å². The van der Waals surface area contributed by atoms with Gasteiger partial charge in [0.2, 0.25) is 5.91 Å². The first kappa shape index (κ1) is 23.5. The van der Waals surface area contributed by atoms with Crippen molar-refractivity contribution in [2.24, 2.45) is 0 Å². The lowest BCUT2D eigenvalue weighted by Crippen LogP contribution is -2.23. The van der Waals surface area contributed by atoms with Gasteiger partial charge in [-0.1, -0.05) is 41.1 Å². The number of thioether (sulfide) groups is 1. The Morgan fingerprint density at radius 1 is 1.06 bits per heavy atom. The summed E-state index contributed by atoms with van der Waals surface area (Å²) >= 11 is 7.27. The number of hydrogen-bond acceptors (Lipinski definition) is 6. The Morgan fingerprint density at radius 3 is 2.53 bits per heavy atom. The fourth-order valence-corrected chi connectivity index (χ4v) is 4.31. The predicted molar refractivity (Wildman–Crippen MR) is 132 cm³/mol. The van der Waals surface area contributed by atoms with Crippen molar-refractivity contribution < 1.29 is 4.79 Å². The van der Waals surface area contributed by atoms with Crippen molar-refractivity contribution in [3.8, 4) is 5.69 Å². The van der Waals surface area contributed by atoms with Crippen molar-refractivity contribution in [3.05, 3.63) is 97.0 Å². The number of hydrogen-bond donors (Lipinski definition) is 3. The van der Waals surface area contributed by atoms with Gasteiger partial charge in [-0.2, -0.15) is 0 Å². The van der Waals surface area contributed by atoms with Crippen molar-refractivity contribution in [2.45, 2.75) is 25.4 Å². The van der Waals surface area contributed by atoms with E-state index in [1.165, 1.54) is 17.8 Å². The first-order valence-electron chi connectivity index (χ1n) is 10.3. The van der Waals surface area contributed by atoms with Gasteiger partial charge in [0.05, 0.1) is 5.75 Å². The van der Waals surface area contributed by atoms with Gasteiger partial charge in [-0.05, 0) is 49.7 Å². The van der Waals surface area contributed by atoms with E-state index in [4.69, 9.17) is 11.6 Å². The molecule has 0 fully saturated rings. The van der Waals surface area contributed by atoms with E-state index in [1.807, 2.05) is 32.0 Å². The molecule has 0 aliphatic carbocycles. The van der Waals surface area contributed by atoms with Crippen LogP contribution in [0.2, 0.25) is 5.02 Å². The van der Waals surface area contributed by atoms with Crippen molar-refractivity contribution in [1.82, 2.24) is 24.7 Å². The molecule has 174 valence electrons. The van der Waals surface area contributed by atoms with Gasteiger partial charge in [-0.15, -0.1) is 10.2 Å². The number of carbonyl (C=O) groups is 1. The summed E-state index contributed by atoms with van der Waals surface area (Å²) in [6.45, 7) is 3.94. The average molecular weight is 497 g/mol. The fraction of sp³-hybridized carbons (Fsp3) is 0.174. The molecule has 4 rings (SSSR count). The van der Waals surface area contributed by atoms with Gasteiger partial charge in [0, 0.05) is 34.6 Å². The van der Waals surface area contributed by atoms with E-state index in [0.29, 0.717) is 21.7 Å². The van der Waals surface area contributed by atoms with E-state index in [2.05, 4.69) is 25.5 Å². The molecule has 0 aliphatic heterocycles. The smallest absolute Gasteiger partial charge is 0.325 e. The Labute approximate surface area is 203 Å². The van der Waals surface area contributed by atoms with Crippen LogP contribution < -0.4 is 16.6 Å². The van der Waals surface area contributed by atoms with E-state index >= 15 is 0 Å². The van der Waals surface area contributed by atoms with Crippen LogP contribution in [0.3, 0.4) is 0 Å². The Hall–Kier alpha value is -3.63. The van der Waals surface area contributed by atoms with E-state index in [9.17, 15) is 14.4 Å². The highest BCUT2D eigenvalue weighted by Crippen LogP contribution is 2.25. The number of H-pyrrole nitrogens is 2. The van der Waals surface area contributed by atoms with Gasteiger partial charge in [0.1, 0.15) is 5.82 Å². The summed E-state index contributed by atoms with van der Waals surface area (Å²) in [6, 6.07) is 14.2. The second kappa shape index (κ2) is 10.1. The molecule has 0 radical (unpaired) electrons. The molecule has 2 aromatic heterocycles. The molecule has 4 aromatic rings. The zero-order valence-corrected chi connectivity index (χ0v) is 20.0. The van der Waals surface area contributed by atoms with Crippen LogP contribution in [-0.2, 0) is 11.2 Å². The molecule has 0 bridgehead atoms. The zero-order valence-electron chi connectivity index (χ0n) is 18.4. The Kier molecular flexibility index (Phi) is 6.99. The van der Waals surface area contributed by atoms with Gasteiger partial charge >= 0.3 is 5.69 Å². The summed E-state index contributed by atoms with van der Waals surface area (Å²) < 4.78 is 1.77. The highest BCUT2D eigenvalue weighted by Gasteiger charge is 2.17. The Balaban J connectivity index is 1.59. The van der Waals surface area contributed by atoms with E-state index in [-0.39, 0.29) is 18.1 Å². The number of amides is 1. The first-order valence-corrected chi connectivity index (χ1v) is 11.7. The number of aromatic amines is 2. The predicted octanol–water partition coefficient (Wildman–Crippen LogP) is 3.24. The number of anilines is 1. The van der Waals surface area contributed by atoms with Crippen LogP contribution in [0.25, 0.3) is 5.69 Å². The van der Waals surface area contributed by atoms with Crippen molar-refractivity contribution in [1.29, 1.82) is 0 Å². The largest absolute Gasteiger partial charge is 0.325 e. The summed E-state index contributed by atoms with van der Waals surface area (Å²) in [5.74, 6) is 0.421. The van der Waals surface area contributed by atoms with Crippen molar-refractivity contribution in [2.75, 3.05) is 11.1 Å². The molecule has 34 heavy (non-hydrogen) atoms. The Morgan fingerprint density at radius 2 is 1.82 bits per heavy atom. The maximum atomic E-state index is 12.6. The summed E-state index contributed by atoms with van der Waals surface area (Å²) in [6.07, 6.45) is 0.157. The number of carbonyl (C=O) groups excluding carboxylic acids is 1. The first-order chi connectivity index (χ1) is 16.3. The van der Waals surface area contributed by atoms with Gasteiger partial charge in [-0.3, -0.25) is 19.1 Å². The Bertz CT molecular complexity index is 1430. The van der Waals surface area contributed by atoms with Crippen molar-refractivity contribution >= 4 is 35.0 Å². The van der Waals surface area contributed by atoms with Crippen LogP contribution in [0, 0.1) is 13.8 Å². The number of rotatable bonds is 7. The normalized spacial score (nSPS) is 10.9. The van der Waals surface area contributed by atoms with Crippen LogP contribution in [-0.4, -0.2) is 36.4 Å². The molecule has 2 aromatic carbocycles. The van der Waals surface area contributed by atoms with E-state index < -0.39 is 11.2 Å². The third kappa shape index (κ3) is 5.64. The molecule has 9 nitrogen and oxygen atoms in total. The third-order valence-electron chi connectivity index (χ3n) is 4.94. The molecular weight excluding hydrogens is 476 g/mol. The standard InChI is InChI=1S/C23H21ClN6O3S/c1-13-3-8-18(14(2)9-13)26-21(32)12-34-23-29-28-19(10-16-11-20(31)27-22(33)25-16)30(23)17-6-4-15(24)5-7-17/h3-9,11H,10,12H2,1-2H3,(H,26,32)(H2,25,27,31,33). The minimum atomic E-state index is -0.599. The highest BCUT2D eigenvalue weighted by atomic mass is 35.5. The maximum Gasteiger partial charge on any atom is 0.325 e. The SMILES string of the molecule is Cc1ccc(NC(=O)CSc2nnc(Cc3cc(=O)[nH]c(=O)[nH]3)n2-c2ccc(Cl)cc2)c(C)c1. The van der Waals surface area contributed by atoms with Crippen LogP contribution in [0.15, 0.2) is 63.3 Å². The van der Waals surface area contributed by atoms with Crippen LogP contribution >= 0.6 is 23.4 Å². The van der Waals surface area contributed by atoms with Crippen LogP contribution in [0.4, 0.5) is 5.69 Å². The zero-order chi connectivity index (χ0) is 24.2. The van der Waals surface area contributed by atoms with E-state index in [1.54, 1.807) is 28.8 Å². The number of halogens is 1. The lowest BCUT2D eigenvalue weighted by molar-refractivity contribution is -0.113. The molecule has 0 aliphatic rings. The molecule has 0 saturated carbocycles. The number of nitrogens with one attached hydrogen (secondary N) is 3. The molecule has 1 amide bonds. The molecule has 2 heterocycles. The van der Waals surface area contributed by atoms with E-state index in [0.717, 1.165) is 22.5 Å². The van der Waals surface area contributed by atoms with Crippen LogP contribution in [0.1, 0.15) is 22.6 Å². The van der Waals surface area contributed by atoms with Crippen LogP contribution in [0.5, 0.6) is 0 Å². The van der Waals surface area contributed by atoms with Gasteiger partial charge in [-0.25, -0.2) is 4.79 Å². The summed E-state index contributed by atoms with van der Waals surface area (Å²) in [5.41, 5.74) is 2.88. The number of nitrogens with zero attached hydrogens (tertiary/aromatic N) is 3. The quantitative estimate of drug-likeness (QED) is 0.337.